The first-order chi connectivity index (χ1) is 14.8. The van der Waals surface area contributed by atoms with Crippen molar-refractivity contribution in [2.75, 3.05) is 27.0 Å². The lowest BCUT2D eigenvalue weighted by Crippen LogP contribution is -2.51. The molecule has 0 spiro atoms. The molecular formula is C21H28N2O7S. The summed E-state index contributed by atoms with van der Waals surface area (Å²) in [6.07, 6.45) is 1.38. The van der Waals surface area contributed by atoms with Crippen LogP contribution in [0, 0.1) is 0 Å². The van der Waals surface area contributed by atoms with Gasteiger partial charge in [0.15, 0.2) is 0 Å². The van der Waals surface area contributed by atoms with Gasteiger partial charge in [-0.1, -0.05) is 6.08 Å². The van der Waals surface area contributed by atoms with Crippen LogP contribution < -0.4 is 15.4 Å². The third-order valence-corrected chi connectivity index (χ3v) is 5.61. The van der Waals surface area contributed by atoms with Gasteiger partial charge in [0.2, 0.25) is 5.91 Å². The van der Waals surface area contributed by atoms with Crippen molar-refractivity contribution >= 4 is 29.5 Å². The summed E-state index contributed by atoms with van der Waals surface area (Å²) in [5.74, 6) is -0.926. The number of nitrogens with one attached hydrogen (secondary N) is 2. The summed E-state index contributed by atoms with van der Waals surface area (Å²) >= 11 is 1.51. The fourth-order valence-corrected chi connectivity index (χ4v) is 3.56. The van der Waals surface area contributed by atoms with Gasteiger partial charge in [-0.3, -0.25) is 14.4 Å². The number of hydrogen-bond donors (Lipinski definition) is 4. The third-order valence-electron chi connectivity index (χ3n) is 4.89. The highest BCUT2D eigenvalue weighted by Crippen LogP contribution is 2.26. The van der Waals surface area contributed by atoms with Gasteiger partial charge in [-0.2, -0.15) is 0 Å². The zero-order chi connectivity index (χ0) is 23.0. The molecule has 31 heavy (non-hydrogen) atoms. The number of benzene rings is 1. The molecular weight excluding hydrogens is 424 g/mol. The van der Waals surface area contributed by atoms with E-state index in [1.54, 1.807) is 18.2 Å². The Balaban J connectivity index is 2.07. The summed E-state index contributed by atoms with van der Waals surface area (Å²) < 4.78 is 9.83. The average molecular weight is 453 g/mol. The molecule has 0 heterocycles. The van der Waals surface area contributed by atoms with E-state index in [1.807, 2.05) is 6.26 Å². The molecule has 1 aliphatic carbocycles. The van der Waals surface area contributed by atoms with E-state index in [0.29, 0.717) is 12.2 Å². The third kappa shape index (κ3) is 6.71. The SMILES string of the molecule is COC(=O)CCCNC(=O)C1=C[C@@H](NC(=O)c2ccc(SC)cc2OC)[C@@H](O)[C@H](O)C1. The van der Waals surface area contributed by atoms with Crippen LogP contribution in [0.1, 0.15) is 29.6 Å². The van der Waals surface area contributed by atoms with E-state index in [1.165, 1.54) is 32.1 Å². The number of thioether (sulfide) groups is 1. The maximum absolute atomic E-state index is 12.8. The minimum Gasteiger partial charge on any atom is -0.496 e. The van der Waals surface area contributed by atoms with Crippen molar-refractivity contribution in [2.45, 2.75) is 42.4 Å². The van der Waals surface area contributed by atoms with E-state index >= 15 is 0 Å². The quantitative estimate of drug-likeness (QED) is 0.244. The van der Waals surface area contributed by atoms with Crippen molar-refractivity contribution < 1.29 is 34.1 Å². The second-order valence-electron chi connectivity index (χ2n) is 6.96. The summed E-state index contributed by atoms with van der Waals surface area (Å²) in [7, 11) is 2.75. The number of carbonyl (C=O) groups excluding carboxylic acids is 3. The van der Waals surface area contributed by atoms with Crippen molar-refractivity contribution in [3.8, 4) is 5.75 Å². The molecule has 0 saturated carbocycles. The molecule has 0 saturated heterocycles. The maximum atomic E-state index is 12.8. The molecule has 9 nitrogen and oxygen atoms in total. The molecule has 2 rings (SSSR count). The topological polar surface area (TPSA) is 134 Å². The Bertz CT molecular complexity index is 843. The first kappa shape index (κ1) is 24.7. The fourth-order valence-electron chi connectivity index (χ4n) is 3.13. The molecule has 10 heteroatoms. The van der Waals surface area contributed by atoms with Gasteiger partial charge in [0, 0.05) is 29.9 Å². The minimum atomic E-state index is -1.27. The predicted octanol–water partition coefficient (Wildman–Crippen LogP) is 0.637. The number of ether oxygens (including phenoxy) is 2. The molecule has 4 N–H and O–H groups in total. The van der Waals surface area contributed by atoms with Gasteiger partial charge in [0.1, 0.15) is 11.9 Å². The van der Waals surface area contributed by atoms with Gasteiger partial charge in [0.05, 0.1) is 31.9 Å². The molecule has 0 fully saturated rings. The molecule has 0 unspecified atom stereocenters. The number of methoxy groups -OCH3 is 2. The Labute approximate surface area is 185 Å². The number of amides is 2. The lowest BCUT2D eigenvalue weighted by Gasteiger charge is -2.31. The van der Waals surface area contributed by atoms with Crippen LogP contribution in [0.5, 0.6) is 5.75 Å². The van der Waals surface area contributed by atoms with Gasteiger partial charge in [0.25, 0.3) is 5.91 Å². The van der Waals surface area contributed by atoms with Crippen molar-refractivity contribution in [1.29, 1.82) is 0 Å². The second kappa shape index (κ2) is 11.7. The van der Waals surface area contributed by atoms with Gasteiger partial charge in [-0.25, -0.2) is 0 Å². The number of rotatable bonds is 9. The highest BCUT2D eigenvalue weighted by Gasteiger charge is 2.34. The van der Waals surface area contributed by atoms with Gasteiger partial charge < -0.3 is 30.3 Å². The Morgan fingerprint density at radius 1 is 1.19 bits per heavy atom. The van der Waals surface area contributed by atoms with Crippen LogP contribution in [0.4, 0.5) is 0 Å². The van der Waals surface area contributed by atoms with E-state index in [2.05, 4.69) is 15.4 Å². The van der Waals surface area contributed by atoms with Gasteiger partial charge >= 0.3 is 5.97 Å². The minimum absolute atomic E-state index is 0.0535. The van der Waals surface area contributed by atoms with Crippen LogP contribution >= 0.6 is 11.8 Å². The van der Waals surface area contributed by atoms with Crippen molar-refractivity contribution in [2.24, 2.45) is 0 Å². The molecule has 0 aliphatic heterocycles. The first-order valence-corrected chi connectivity index (χ1v) is 11.0. The zero-order valence-corrected chi connectivity index (χ0v) is 18.5. The molecule has 0 bridgehead atoms. The van der Waals surface area contributed by atoms with E-state index in [0.717, 1.165) is 4.90 Å². The van der Waals surface area contributed by atoms with E-state index in [-0.39, 0.29) is 36.5 Å². The first-order valence-electron chi connectivity index (χ1n) is 9.75. The van der Waals surface area contributed by atoms with Crippen LogP contribution in [0.2, 0.25) is 0 Å². The van der Waals surface area contributed by atoms with E-state index in [4.69, 9.17) is 4.74 Å². The summed E-state index contributed by atoms with van der Waals surface area (Å²) in [6, 6.07) is 4.16. The van der Waals surface area contributed by atoms with Crippen molar-refractivity contribution in [3.05, 3.63) is 35.4 Å². The lowest BCUT2D eigenvalue weighted by atomic mass is 9.89. The van der Waals surface area contributed by atoms with Crippen molar-refractivity contribution in [3.63, 3.8) is 0 Å². The maximum Gasteiger partial charge on any atom is 0.305 e. The summed E-state index contributed by atoms with van der Waals surface area (Å²) in [6.45, 7) is 0.250. The monoisotopic (exact) mass is 452 g/mol. The Hall–Kier alpha value is -2.56. The van der Waals surface area contributed by atoms with Gasteiger partial charge in [-0.15, -0.1) is 11.8 Å². The fraction of sp³-hybridized carbons (Fsp3) is 0.476. The molecule has 0 aromatic heterocycles. The summed E-state index contributed by atoms with van der Waals surface area (Å²) in [5.41, 5.74) is 0.514. The molecule has 3 atom stereocenters. The van der Waals surface area contributed by atoms with Crippen molar-refractivity contribution in [1.82, 2.24) is 10.6 Å². The summed E-state index contributed by atoms with van der Waals surface area (Å²) in [4.78, 5) is 37.2. The molecule has 0 radical (unpaired) electrons. The zero-order valence-electron chi connectivity index (χ0n) is 17.7. The lowest BCUT2D eigenvalue weighted by molar-refractivity contribution is -0.140. The molecule has 1 aromatic carbocycles. The standard InChI is InChI=1S/C21H28N2O7S/c1-29-17-11-13(31-3)6-7-14(17)21(28)23-15-9-12(10-16(24)19(15)26)20(27)22-8-4-5-18(25)30-2/h6-7,9,11,15-16,19,24,26H,4-5,8,10H2,1-3H3,(H,22,27)(H,23,28)/t15-,16-,19-/m1/s1. The number of aliphatic hydroxyl groups is 2. The molecule has 1 aliphatic rings. The Kier molecular flexibility index (Phi) is 9.35. The van der Waals surface area contributed by atoms with Crippen LogP contribution in [-0.4, -0.2) is 73.3 Å². The Morgan fingerprint density at radius 3 is 2.58 bits per heavy atom. The highest BCUT2D eigenvalue weighted by molar-refractivity contribution is 7.98. The van der Waals surface area contributed by atoms with Crippen LogP contribution in [0.3, 0.4) is 0 Å². The predicted molar refractivity (Wildman–Crippen MR) is 115 cm³/mol. The molecule has 2 amide bonds. The Morgan fingerprint density at radius 2 is 1.94 bits per heavy atom. The number of hydrogen-bond acceptors (Lipinski definition) is 8. The smallest absolute Gasteiger partial charge is 0.305 e. The number of carbonyl (C=O) groups is 3. The summed E-state index contributed by atoms with van der Waals surface area (Å²) in [5, 5.41) is 25.8. The average Bonchev–Trinajstić information content (AvgIpc) is 2.78. The molecule has 1 aromatic rings. The van der Waals surface area contributed by atoms with E-state index in [9.17, 15) is 24.6 Å². The van der Waals surface area contributed by atoms with Crippen LogP contribution in [0.15, 0.2) is 34.7 Å². The largest absolute Gasteiger partial charge is 0.496 e. The van der Waals surface area contributed by atoms with E-state index < -0.39 is 30.1 Å². The number of esters is 1. The molecule has 170 valence electrons. The second-order valence-corrected chi connectivity index (χ2v) is 7.83. The normalized spacial score (nSPS) is 20.4. The highest BCUT2D eigenvalue weighted by atomic mass is 32.2. The number of aliphatic hydroxyl groups excluding tert-OH is 2. The van der Waals surface area contributed by atoms with Crippen LogP contribution in [-0.2, 0) is 14.3 Å². The van der Waals surface area contributed by atoms with Crippen LogP contribution in [0.25, 0.3) is 0 Å². The van der Waals surface area contributed by atoms with Gasteiger partial charge in [-0.05, 0) is 30.9 Å².